The molecule has 2 unspecified atom stereocenters. The maximum absolute atomic E-state index is 12.8. The predicted molar refractivity (Wildman–Crippen MR) is 74.6 cm³/mol. The average Bonchev–Trinajstić information content (AvgIpc) is 2.38. The highest BCUT2D eigenvalue weighted by Gasteiger charge is 2.34. The van der Waals surface area contributed by atoms with Gasteiger partial charge in [0.2, 0.25) is 0 Å². The highest BCUT2D eigenvalue weighted by Crippen LogP contribution is 2.35. The van der Waals surface area contributed by atoms with E-state index in [1.807, 2.05) is 0 Å². The molecule has 0 saturated carbocycles. The lowest BCUT2D eigenvalue weighted by molar-refractivity contribution is -0.137. The van der Waals surface area contributed by atoms with Gasteiger partial charge in [0.1, 0.15) is 0 Å². The summed E-state index contributed by atoms with van der Waals surface area (Å²) in [5.41, 5.74) is 5.45. The van der Waals surface area contributed by atoms with Crippen LogP contribution in [-0.2, 0) is 16.0 Å². The van der Waals surface area contributed by atoms with Crippen LogP contribution in [0.4, 0.5) is 13.2 Å². The Labute approximate surface area is 122 Å². The number of alkyl halides is 3. The van der Waals surface area contributed by atoms with Crippen LogP contribution < -0.4 is 5.73 Å². The van der Waals surface area contributed by atoms with Gasteiger partial charge in [0, 0.05) is 0 Å². The number of nitrogens with two attached hydrogens (primary N) is 1. The molecular weight excluding hydrogens is 303 g/mol. The second-order valence-corrected chi connectivity index (χ2v) is 7.71. The van der Waals surface area contributed by atoms with Gasteiger partial charge >= 0.3 is 6.18 Å². The third-order valence-corrected chi connectivity index (χ3v) is 5.81. The zero-order valence-electron chi connectivity index (χ0n) is 11.4. The van der Waals surface area contributed by atoms with E-state index in [9.17, 15) is 21.6 Å². The zero-order valence-corrected chi connectivity index (χ0v) is 12.3. The van der Waals surface area contributed by atoms with Gasteiger partial charge in [0.25, 0.3) is 0 Å². The summed E-state index contributed by atoms with van der Waals surface area (Å²) in [4.78, 5) is 0. The maximum Gasteiger partial charge on any atom is 0.416 e. The first-order valence-electron chi connectivity index (χ1n) is 6.80. The summed E-state index contributed by atoms with van der Waals surface area (Å²) >= 11 is 0. The van der Waals surface area contributed by atoms with Crippen molar-refractivity contribution in [3.05, 3.63) is 35.4 Å². The Kier molecular flexibility index (Phi) is 4.63. The lowest BCUT2D eigenvalue weighted by Crippen LogP contribution is -2.32. The Morgan fingerprint density at radius 1 is 1.33 bits per heavy atom. The monoisotopic (exact) mass is 321 g/mol. The highest BCUT2D eigenvalue weighted by molar-refractivity contribution is 7.91. The summed E-state index contributed by atoms with van der Waals surface area (Å²) < 4.78 is 61.8. The van der Waals surface area contributed by atoms with Gasteiger partial charge in [0.15, 0.2) is 9.84 Å². The summed E-state index contributed by atoms with van der Waals surface area (Å²) in [6.07, 6.45) is -3.19. The summed E-state index contributed by atoms with van der Waals surface area (Å²) in [5.74, 6) is -0.409. The Morgan fingerprint density at radius 2 is 2.05 bits per heavy atom. The molecule has 0 amide bonds. The molecule has 1 fully saturated rings. The fourth-order valence-electron chi connectivity index (χ4n) is 2.92. The topological polar surface area (TPSA) is 60.2 Å². The van der Waals surface area contributed by atoms with Crippen LogP contribution in [0, 0.1) is 5.92 Å². The van der Waals surface area contributed by atoms with Crippen LogP contribution in [0.3, 0.4) is 0 Å². The highest BCUT2D eigenvalue weighted by atomic mass is 32.2. The number of rotatable bonds is 3. The van der Waals surface area contributed by atoms with E-state index in [-0.39, 0.29) is 29.9 Å². The van der Waals surface area contributed by atoms with Gasteiger partial charge < -0.3 is 5.73 Å². The van der Waals surface area contributed by atoms with Crippen molar-refractivity contribution in [2.75, 3.05) is 18.1 Å². The smallest absolute Gasteiger partial charge is 0.330 e. The first kappa shape index (κ1) is 16.3. The molecule has 0 bridgehead atoms. The minimum Gasteiger partial charge on any atom is -0.330 e. The molecule has 1 aliphatic heterocycles. The first-order valence-corrected chi connectivity index (χ1v) is 8.63. The van der Waals surface area contributed by atoms with E-state index in [1.54, 1.807) is 6.07 Å². The molecular formula is C14H18F3NO2S. The van der Waals surface area contributed by atoms with Crippen LogP contribution >= 0.6 is 0 Å². The average molecular weight is 321 g/mol. The van der Waals surface area contributed by atoms with E-state index in [2.05, 4.69) is 0 Å². The van der Waals surface area contributed by atoms with Crippen molar-refractivity contribution in [3.63, 3.8) is 0 Å². The van der Waals surface area contributed by atoms with Gasteiger partial charge in [-0.15, -0.1) is 0 Å². The van der Waals surface area contributed by atoms with Crippen molar-refractivity contribution < 1.29 is 21.6 Å². The van der Waals surface area contributed by atoms with Crippen LogP contribution in [0.15, 0.2) is 24.3 Å². The van der Waals surface area contributed by atoms with Crippen LogP contribution in [0.1, 0.15) is 29.9 Å². The Balaban J connectivity index is 2.29. The summed E-state index contributed by atoms with van der Waals surface area (Å²) in [6.45, 7) is 0.140. The molecule has 1 aliphatic rings. The van der Waals surface area contributed by atoms with Crippen LogP contribution in [0.2, 0.25) is 0 Å². The van der Waals surface area contributed by atoms with Gasteiger partial charge in [-0.25, -0.2) is 8.42 Å². The lowest BCUT2D eigenvalue weighted by Gasteiger charge is -2.30. The number of benzene rings is 1. The number of halogens is 3. The standard InChI is InChI=1S/C14H18F3NO2S/c15-14(16,17)12-5-1-3-10(7-12)13(8-18)11-4-2-6-21(19,20)9-11/h1,3,5,7,11,13H,2,4,6,8-9,18H2. The van der Waals surface area contributed by atoms with Gasteiger partial charge in [-0.2, -0.15) is 13.2 Å². The Bertz CT molecular complexity index is 598. The quantitative estimate of drug-likeness (QED) is 0.931. The van der Waals surface area contributed by atoms with Gasteiger partial charge in [-0.05, 0) is 42.9 Å². The summed E-state index contributed by atoms with van der Waals surface area (Å²) in [7, 11) is -3.11. The van der Waals surface area contributed by atoms with Gasteiger partial charge in [-0.3, -0.25) is 0 Å². The lowest BCUT2D eigenvalue weighted by atomic mass is 9.83. The van der Waals surface area contributed by atoms with Gasteiger partial charge in [-0.1, -0.05) is 18.2 Å². The SMILES string of the molecule is NCC(c1cccc(C(F)(F)F)c1)C1CCCS(=O)(=O)C1. The molecule has 7 heteroatoms. The number of hydrogen-bond donors (Lipinski definition) is 1. The third kappa shape index (κ3) is 3.97. The minimum atomic E-state index is -4.41. The van der Waals surface area contributed by atoms with Crippen LogP contribution in [0.25, 0.3) is 0 Å². The molecule has 3 nitrogen and oxygen atoms in total. The number of sulfone groups is 1. The molecule has 2 atom stereocenters. The van der Waals surface area contributed by atoms with Crippen molar-refractivity contribution in [2.24, 2.45) is 11.7 Å². The van der Waals surface area contributed by atoms with E-state index < -0.39 is 21.6 Å². The van der Waals surface area contributed by atoms with Gasteiger partial charge in [0.05, 0.1) is 17.1 Å². The second-order valence-electron chi connectivity index (χ2n) is 5.48. The van der Waals surface area contributed by atoms with Crippen molar-refractivity contribution in [3.8, 4) is 0 Å². The molecule has 118 valence electrons. The van der Waals surface area contributed by atoms with E-state index in [0.717, 1.165) is 12.1 Å². The largest absolute Gasteiger partial charge is 0.416 e. The molecule has 0 aliphatic carbocycles. The molecule has 2 rings (SSSR count). The van der Waals surface area contributed by atoms with Crippen molar-refractivity contribution in [1.82, 2.24) is 0 Å². The predicted octanol–water partition coefficient (Wildman–Crippen LogP) is 2.57. The first-order chi connectivity index (χ1) is 9.73. The van der Waals surface area contributed by atoms with E-state index >= 15 is 0 Å². The number of hydrogen-bond acceptors (Lipinski definition) is 3. The summed E-state index contributed by atoms with van der Waals surface area (Å²) in [6, 6.07) is 5.03. The maximum atomic E-state index is 12.8. The van der Waals surface area contributed by atoms with E-state index in [0.29, 0.717) is 18.4 Å². The Hall–Kier alpha value is -1.08. The fourth-order valence-corrected chi connectivity index (χ4v) is 4.75. The molecule has 0 radical (unpaired) electrons. The molecule has 1 aromatic rings. The molecule has 21 heavy (non-hydrogen) atoms. The minimum absolute atomic E-state index is 0.00507. The van der Waals surface area contributed by atoms with Crippen LogP contribution in [-0.4, -0.2) is 26.5 Å². The van der Waals surface area contributed by atoms with Crippen molar-refractivity contribution >= 4 is 9.84 Å². The molecule has 0 spiro atoms. The van der Waals surface area contributed by atoms with Crippen molar-refractivity contribution in [2.45, 2.75) is 24.9 Å². The second kappa shape index (κ2) is 5.96. The van der Waals surface area contributed by atoms with E-state index in [4.69, 9.17) is 5.73 Å². The molecule has 0 aromatic heterocycles. The van der Waals surface area contributed by atoms with Crippen LogP contribution in [0.5, 0.6) is 0 Å². The molecule has 1 aromatic carbocycles. The molecule has 2 N–H and O–H groups in total. The zero-order chi connectivity index (χ0) is 15.7. The normalized spacial score (nSPS) is 23.7. The fraction of sp³-hybridized carbons (Fsp3) is 0.571. The summed E-state index contributed by atoms with van der Waals surface area (Å²) in [5, 5.41) is 0. The Morgan fingerprint density at radius 3 is 2.62 bits per heavy atom. The molecule has 1 saturated heterocycles. The molecule has 1 heterocycles. The van der Waals surface area contributed by atoms with E-state index in [1.165, 1.54) is 6.07 Å². The van der Waals surface area contributed by atoms with Crippen molar-refractivity contribution in [1.29, 1.82) is 0 Å². The third-order valence-electron chi connectivity index (χ3n) is 3.96.